The van der Waals surface area contributed by atoms with E-state index in [4.69, 9.17) is 10.5 Å². The lowest BCUT2D eigenvalue weighted by atomic mass is 10.2. The van der Waals surface area contributed by atoms with E-state index < -0.39 is 11.9 Å². The summed E-state index contributed by atoms with van der Waals surface area (Å²) >= 11 is 3.28. The zero-order valence-corrected chi connectivity index (χ0v) is 12.5. The van der Waals surface area contributed by atoms with Gasteiger partial charge >= 0.3 is 0 Å². The third-order valence-electron chi connectivity index (χ3n) is 2.57. The Balaban J connectivity index is 2.37. The summed E-state index contributed by atoms with van der Waals surface area (Å²) in [6, 6.07) is 2.78. The smallest absolute Gasteiger partial charge is 0.148 e. The summed E-state index contributed by atoms with van der Waals surface area (Å²) < 4.78 is 19.3. The van der Waals surface area contributed by atoms with Gasteiger partial charge in [0.25, 0.3) is 0 Å². The Labute approximate surface area is 121 Å². The van der Waals surface area contributed by atoms with Crippen molar-refractivity contribution in [3.8, 4) is 0 Å². The van der Waals surface area contributed by atoms with Gasteiger partial charge in [-0.1, -0.05) is 13.3 Å². The van der Waals surface area contributed by atoms with E-state index in [1.54, 1.807) is 0 Å². The van der Waals surface area contributed by atoms with E-state index in [0.717, 1.165) is 12.8 Å². The highest BCUT2D eigenvalue weighted by molar-refractivity contribution is 9.10. The summed E-state index contributed by atoms with van der Waals surface area (Å²) in [5.41, 5.74) is 6.08. The first-order valence-corrected chi connectivity index (χ1v) is 7.08. The molecule has 1 atom stereocenters. The molecule has 0 radical (unpaired) electrons. The second-order valence-corrected chi connectivity index (χ2v) is 5.17. The average molecular weight is 335 g/mol. The number of aliphatic hydroxyl groups is 1. The molecule has 4 N–H and O–H groups in total. The fourth-order valence-corrected chi connectivity index (χ4v) is 1.95. The second kappa shape index (κ2) is 8.35. The van der Waals surface area contributed by atoms with Gasteiger partial charge in [-0.05, 0) is 28.4 Å². The minimum absolute atomic E-state index is 0.0841. The topological polar surface area (TPSA) is 67.5 Å². The maximum atomic E-state index is 13.3. The number of ether oxygens (including phenoxy) is 1. The predicted octanol–water partition coefficient (Wildman–Crippen LogP) is 2.76. The monoisotopic (exact) mass is 334 g/mol. The zero-order chi connectivity index (χ0) is 14.3. The third-order valence-corrected chi connectivity index (χ3v) is 3.22. The van der Waals surface area contributed by atoms with Crippen LogP contribution in [0.4, 0.5) is 15.8 Å². The molecular formula is C13H20BrFN2O2. The first-order valence-electron chi connectivity index (χ1n) is 6.28. The molecule has 0 spiro atoms. The lowest BCUT2D eigenvalue weighted by Crippen LogP contribution is -2.25. The SMILES string of the molecule is CCCCOC[C@H](O)CNc1cc(F)c(N)cc1Br. The minimum atomic E-state index is -0.635. The van der Waals surface area contributed by atoms with Gasteiger partial charge in [-0.15, -0.1) is 0 Å². The Bertz CT molecular complexity index is 404. The number of nitrogens with one attached hydrogen (secondary N) is 1. The van der Waals surface area contributed by atoms with Gasteiger partial charge in [-0.3, -0.25) is 0 Å². The molecule has 19 heavy (non-hydrogen) atoms. The Morgan fingerprint density at radius 2 is 2.26 bits per heavy atom. The molecule has 6 heteroatoms. The molecule has 1 aromatic carbocycles. The minimum Gasteiger partial charge on any atom is -0.396 e. The number of aliphatic hydroxyl groups excluding tert-OH is 1. The molecule has 0 unspecified atom stereocenters. The molecule has 1 aromatic rings. The number of benzene rings is 1. The van der Waals surface area contributed by atoms with Crippen molar-refractivity contribution >= 4 is 27.3 Å². The summed E-state index contributed by atoms with van der Waals surface area (Å²) in [6.07, 6.45) is 1.41. The standard InChI is InChI=1S/C13H20BrFN2O2/c1-2-3-4-19-8-9(18)7-17-13-6-11(15)12(16)5-10(13)14/h5-6,9,17-18H,2-4,7-8,16H2,1H3/t9-/m1/s1. The molecule has 0 aliphatic carbocycles. The van der Waals surface area contributed by atoms with Gasteiger partial charge in [0.05, 0.1) is 24.1 Å². The van der Waals surface area contributed by atoms with Crippen molar-refractivity contribution < 1.29 is 14.2 Å². The molecule has 0 amide bonds. The Morgan fingerprint density at radius 3 is 2.95 bits per heavy atom. The summed E-state index contributed by atoms with van der Waals surface area (Å²) in [5, 5.41) is 12.7. The van der Waals surface area contributed by atoms with E-state index in [1.165, 1.54) is 12.1 Å². The third kappa shape index (κ3) is 5.76. The van der Waals surface area contributed by atoms with Crippen molar-refractivity contribution in [2.75, 3.05) is 30.8 Å². The van der Waals surface area contributed by atoms with Crippen LogP contribution in [0.1, 0.15) is 19.8 Å². The van der Waals surface area contributed by atoms with Crippen molar-refractivity contribution in [3.63, 3.8) is 0 Å². The first kappa shape index (κ1) is 16.2. The normalized spacial score (nSPS) is 12.4. The highest BCUT2D eigenvalue weighted by Gasteiger charge is 2.08. The Morgan fingerprint density at radius 1 is 1.53 bits per heavy atom. The zero-order valence-electron chi connectivity index (χ0n) is 11.0. The van der Waals surface area contributed by atoms with Gasteiger partial charge in [0, 0.05) is 23.7 Å². The number of nitrogen functional groups attached to an aromatic ring is 1. The lowest BCUT2D eigenvalue weighted by molar-refractivity contribution is 0.0421. The molecular weight excluding hydrogens is 315 g/mol. The van der Waals surface area contributed by atoms with Crippen LogP contribution in [0.25, 0.3) is 0 Å². The van der Waals surface area contributed by atoms with E-state index >= 15 is 0 Å². The maximum Gasteiger partial charge on any atom is 0.148 e. The van der Waals surface area contributed by atoms with E-state index in [-0.39, 0.29) is 18.8 Å². The van der Waals surface area contributed by atoms with Crippen LogP contribution in [0.5, 0.6) is 0 Å². The van der Waals surface area contributed by atoms with Crippen LogP contribution in [0, 0.1) is 5.82 Å². The van der Waals surface area contributed by atoms with Crippen molar-refractivity contribution in [2.24, 2.45) is 0 Å². The number of rotatable bonds is 8. The van der Waals surface area contributed by atoms with Crippen molar-refractivity contribution in [2.45, 2.75) is 25.9 Å². The van der Waals surface area contributed by atoms with E-state index in [1.807, 2.05) is 0 Å². The van der Waals surface area contributed by atoms with Crippen molar-refractivity contribution in [1.29, 1.82) is 0 Å². The molecule has 0 aliphatic heterocycles. The van der Waals surface area contributed by atoms with E-state index in [9.17, 15) is 9.50 Å². The van der Waals surface area contributed by atoms with Crippen molar-refractivity contribution in [3.05, 3.63) is 22.4 Å². The van der Waals surface area contributed by atoms with Crippen LogP contribution < -0.4 is 11.1 Å². The highest BCUT2D eigenvalue weighted by Crippen LogP contribution is 2.27. The molecule has 0 aromatic heterocycles. The Hall–Kier alpha value is -0.850. The number of hydrogen-bond donors (Lipinski definition) is 3. The Kier molecular flexibility index (Phi) is 7.12. The molecule has 108 valence electrons. The number of nitrogens with two attached hydrogens (primary N) is 1. The number of hydrogen-bond acceptors (Lipinski definition) is 4. The maximum absolute atomic E-state index is 13.3. The summed E-state index contributed by atoms with van der Waals surface area (Å²) in [4.78, 5) is 0. The molecule has 0 fully saturated rings. The number of unbranched alkanes of at least 4 members (excludes halogenated alkanes) is 1. The van der Waals surface area contributed by atoms with Crippen LogP contribution in [0.2, 0.25) is 0 Å². The van der Waals surface area contributed by atoms with Crippen LogP contribution in [-0.4, -0.2) is 31.0 Å². The van der Waals surface area contributed by atoms with Crippen LogP contribution in [0.15, 0.2) is 16.6 Å². The van der Waals surface area contributed by atoms with Crippen LogP contribution in [0.3, 0.4) is 0 Å². The lowest BCUT2D eigenvalue weighted by Gasteiger charge is -2.14. The number of anilines is 2. The largest absolute Gasteiger partial charge is 0.396 e. The second-order valence-electron chi connectivity index (χ2n) is 4.32. The molecule has 0 heterocycles. The molecule has 0 saturated carbocycles. The van der Waals surface area contributed by atoms with Crippen LogP contribution in [-0.2, 0) is 4.74 Å². The molecule has 1 rings (SSSR count). The van der Waals surface area contributed by atoms with Gasteiger partial charge in [0.1, 0.15) is 5.82 Å². The summed E-state index contributed by atoms with van der Waals surface area (Å²) in [7, 11) is 0. The highest BCUT2D eigenvalue weighted by atomic mass is 79.9. The number of halogens is 2. The van der Waals surface area contributed by atoms with E-state index in [0.29, 0.717) is 16.8 Å². The first-order chi connectivity index (χ1) is 9.04. The predicted molar refractivity (Wildman–Crippen MR) is 78.7 cm³/mol. The van der Waals surface area contributed by atoms with Gasteiger partial charge < -0.3 is 20.9 Å². The molecule has 4 nitrogen and oxygen atoms in total. The summed E-state index contributed by atoms with van der Waals surface area (Å²) in [5.74, 6) is -0.487. The van der Waals surface area contributed by atoms with Crippen LogP contribution >= 0.6 is 15.9 Å². The van der Waals surface area contributed by atoms with Gasteiger partial charge in [-0.2, -0.15) is 0 Å². The molecule has 0 aliphatic rings. The molecule has 0 bridgehead atoms. The fourth-order valence-electron chi connectivity index (χ4n) is 1.45. The van der Waals surface area contributed by atoms with Gasteiger partial charge in [0.2, 0.25) is 0 Å². The van der Waals surface area contributed by atoms with Gasteiger partial charge in [-0.25, -0.2) is 4.39 Å². The average Bonchev–Trinajstić information content (AvgIpc) is 2.37. The quantitative estimate of drug-likeness (QED) is 0.505. The van der Waals surface area contributed by atoms with Gasteiger partial charge in [0.15, 0.2) is 0 Å². The van der Waals surface area contributed by atoms with Crippen molar-refractivity contribution in [1.82, 2.24) is 0 Å². The summed E-state index contributed by atoms with van der Waals surface area (Å²) in [6.45, 7) is 3.28. The van der Waals surface area contributed by atoms with E-state index in [2.05, 4.69) is 28.2 Å². The molecule has 0 saturated heterocycles. The fraction of sp³-hybridized carbons (Fsp3) is 0.538.